The second-order valence-electron chi connectivity index (χ2n) is 6.80. The van der Waals surface area contributed by atoms with E-state index in [9.17, 15) is 14.7 Å². The van der Waals surface area contributed by atoms with Crippen molar-refractivity contribution in [3.63, 3.8) is 0 Å². The molecule has 20 heavy (non-hydrogen) atoms. The highest BCUT2D eigenvalue weighted by molar-refractivity contribution is 5.85. The lowest BCUT2D eigenvalue weighted by Gasteiger charge is -2.29. The van der Waals surface area contributed by atoms with E-state index in [4.69, 9.17) is 0 Å². The van der Waals surface area contributed by atoms with Crippen molar-refractivity contribution < 1.29 is 14.7 Å². The molecule has 2 fully saturated rings. The van der Waals surface area contributed by atoms with Crippen molar-refractivity contribution in [2.45, 2.75) is 64.7 Å². The number of amides is 1. The van der Waals surface area contributed by atoms with Crippen LogP contribution in [0.1, 0.15) is 64.7 Å². The lowest BCUT2D eigenvalue weighted by atomic mass is 9.80. The summed E-state index contributed by atoms with van der Waals surface area (Å²) in [5.74, 6) is 0.365. The molecule has 2 rings (SSSR count). The molecular weight excluding hydrogens is 254 g/mol. The molecule has 2 N–H and O–H groups in total. The third-order valence-electron chi connectivity index (χ3n) is 5.36. The summed E-state index contributed by atoms with van der Waals surface area (Å²) in [4.78, 5) is 23.5. The predicted octanol–water partition coefficient (Wildman–Crippen LogP) is 2.96. The highest BCUT2D eigenvalue weighted by Gasteiger charge is 2.43. The minimum atomic E-state index is -0.795. The SMILES string of the molecule is CC1CCCCC1CNC(=O)CC1(C(=O)O)CCCC1. The van der Waals surface area contributed by atoms with Crippen LogP contribution in [0.3, 0.4) is 0 Å². The van der Waals surface area contributed by atoms with Crippen molar-refractivity contribution >= 4 is 11.9 Å². The van der Waals surface area contributed by atoms with Gasteiger partial charge in [0.25, 0.3) is 0 Å². The van der Waals surface area contributed by atoms with Crippen LogP contribution >= 0.6 is 0 Å². The van der Waals surface area contributed by atoms with Crippen molar-refractivity contribution in [2.24, 2.45) is 17.3 Å². The van der Waals surface area contributed by atoms with Crippen molar-refractivity contribution in [2.75, 3.05) is 6.54 Å². The number of hydrogen-bond acceptors (Lipinski definition) is 2. The Kier molecular flexibility index (Phi) is 5.06. The summed E-state index contributed by atoms with van der Waals surface area (Å²) in [6, 6.07) is 0. The van der Waals surface area contributed by atoms with Gasteiger partial charge in [-0.1, -0.05) is 39.0 Å². The van der Waals surface area contributed by atoms with Gasteiger partial charge in [-0.25, -0.2) is 0 Å². The largest absolute Gasteiger partial charge is 0.481 e. The summed E-state index contributed by atoms with van der Waals surface area (Å²) in [5, 5.41) is 12.4. The molecule has 2 unspecified atom stereocenters. The quantitative estimate of drug-likeness (QED) is 0.814. The van der Waals surface area contributed by atoms with Gasteiger partial charge in [-0.15, -0.1) is 0 Å². The molecule has 0 saturated heterocycles. The Morgan fingerprint density at radius 1 is 1.15 bits per heavy atom. The first-order valence-electron chi connectivity index (χ1n) is 8.04. The Hall–Kier alpha value is -1.06. The van der Waals surface area contributed by atoms with Crippen LogP contribution in [0.4, 0.5) is 0 Å². The van der Waals surface area contributed by atoms with E-state index in [0.717, 1.165) is 19.4 Å². The van der Waals surface area contributed by atoms with Crippen molar-refractivity contribution in [1.82, 2.24) is 5.32 Å². The van der Waals surface area contributed by atoms with Gasteiger partial charge in [-0.3, -0.25) is 9.59 Å². The summed E-state index contributed by atoms with van der Waals surface area (Å²) in [6.45, 7) is 2.97. The van der Waals surface area contributed by atoms with Crippen LogP contribution in [-0.4, -0.2) is 23.5 Å². The highest BCUT2D eigenvalue weighted by atomic mass is 16.4. The topological polar surface area (TPSA) is 66.4 Å². The molecule has 0 heterocycles. The van der Waals surface area contributed by atoms with Crippen LogP contribution in [0, 0.1) is 17.3 Å². The minimum absolute atomic E-state index is 0.0768. The molecule has 0 aromatic carbocycles. The first-order chi connectivity index (χ1) is 9.53. The Bertz CT molecular complexity index is 361. The molecule has 2 saturated carbocycles. The van der Waals surface area contributed by atoms with Gasteiger partial charge in [0.2, 0.25) is 5.91 Å². The van der Waals surface area contributed by atoms with E-state index in [1.54, 1.807) is 0 Å². The Labute approximate surface area is 121 Å². The van der Waals surface area contributed by atoms with Crippen molar-refractivity contribution in [3.05, 3.63) is 0 Å². The number of carbonyl (C=O) groups is 2. The maximum absolute atomic E-state index is 12.1. The van der Waals surface area contributed by atoms with Gasteiger partial charge >= 0.3 is 5.97 Å². The molecule has 0 aliphatic heterocycles. The molecule has 0 aromatic rings. The number of carbonyl (C=O) groups excluding carboxylic acids is 1. The van der Waals surface area contributed by atoms with E-state index < -0.39 is 11.4 Å². The maximum atomic E-state index is 12.1. The van der Waals surface area contributed by atoms with E-state index in [0.29, 0.717) is 24.7 Å². The molecule has 0 aromatic heterocycles. The summed E-state index contributed by atoms with van der Waals surface area (Å²) in [5.41, 5.74) is -0.789. The molecule has 2 aliphatic carbocycles. The van der Waals surface area contributed by atoms with Crippen molar-refractivity contribution in [3.8, 4) is 0 Å². The number of nitrogens with one attached hydrogen (secondary N) is 1. The summed E-state index contributed by atoms with van der Waals surface area (Å²) < 4.78 is 0. The van der Waals surface area contributed by atoms with Gasteiger partial charge in [0.05, 0.1) is 5.41 Å². The monoisotopic (exact) mass is 281 g/mol. The number of rotatable bonds is 5. The minimum Gasteiger partial charge on any atom is -0.481 e. The van der Waals surface area contributed by atoms with Gasteiger partial charge < -0.3 is 10.4 Å². The number of aliphatic carboxylic acids is 1. The van der Waals surface area contributed by atoms with Gasteiger partial charge in [-0.05, 0) is 31.1 Å². The molecule has 1 amide bonds. The highest BCUT2D eigenvalue weighted by Crippen LogP contribution is 2.41. The standard InChI is InChI=1S/C16H27NO3/c1-12-6-2-3-7-13(12)11-17-14(18)10-16(15(19)20)8-4-5-9-16/h12-13H,2-11H2,1H3,(H,17,18)(H,19,20). The molecule has 2 aliphatic rings. The van der Waals surface area contributed by atoms with Gasteiger partial charge in [0.15, 0.2) is 0 Å². The smallest absolute Gasteiger partial charge is 0.310 e. The van der Waals surface area contributed by atoms with Crippen LogP contribution in [0.5, 0.6) is 0 Å². The molecule has 4 nitrogen and oxygen atoms in total. The van der Waals surface area contributed by atoms with Gasteiger partial charge in [0.1, 0.15) is 0 Å². The van der Waals surface area contributed by atoms with Crippen LogP contribution in [0.15, 0.2) is 0 Å². The molecule has 0 radical (unpaired) electrons. The summed E-state index contributed by atoms with van der Waals surface area (Å²) in [7, 11) is 0. The van der Waals surface area contributed by atoms with Crippen LogP contribution in [-0.2, 0) is 9.59 Å². The lowest BCUT2D eigenvalue weighted by Crippen LogP contribution is -2.38. The van der Waals surface area contributed by atoms with E-state index >= 15 is 0 Å². The second kappa shape index (κ2) is 6.59. The average Bonchev–Trinajstić information content (AvgIpc) is 2.88. The zero-order valence-electron chi connectivity index (χ0n) is 12.5. The Morgan fingerprint density at radius 2 is 1.80 bits per heavy atom. The van der Waals surface area contributed by atoms with Crippen molar-refractivity contribution in [1.29, 1.82) is 0 Å². The fraction of sp³-hybridized carbons (Fsp3) is 0.875. The van der Waals surface area contributed by atoms with E-state index in [-0.39, 0.29) is 12.3 Å². The maximum Gasteiger partial charge on any atom is 0.310 e. The molecular formula is C16H27NO3. The summed E-state index contributed by atoms with van der Waals surface area (Å²) in [6.07, 6.45) is 8.30. The number of hydrogen-bond donors (Lipinski definition) is 2. The summed E-state index contributed by atoms with van der Waals surface area (Å²) >= 11 is 0. The Morgan fingerprint density at radius 3 is 2.40 bits per heavy atom. The molecule has 0 spiro atoms. The van der Waals surface area contributed by atoms with Gasteiger partial charge in [0, 0.05) is 13.0 Å². The normalized spacial score (nSPS) is 29.1. The number of carboxylic acid groups (broad SMARTS) is 1. The van der Waals surface area contributed by atoms with Gasteiger partial charge in [-0.2, -0.15) is 0 Å². The Balaban J connectivity index is 1.81. The molecule has 114 valence electrons. The molecule has 4 heteroatoms. The third-order valence-corrected chi connectivity index (χ3v) is 5.36. The van der Waals surface area contributed by atoms with E-state index in [2.05, 4.69) is 12.2 Å². The first kappa shape index (κ1) is 15.3. The zero-order chi connectivity index (χ0) is 14.6. The predicted molar refractivity (Wildman–Crippen MR) is 77.3 cm³/mol. The van der Waals surface area contributed by atoms with Crippen LogP contribution in [0.2, 0.25) is 0 Å². The first-order valence-corrected chi connectivity index (χ1v) is 8.04. The van der Waals surface area contributed by atoms with Crippen LogP contribution in [0.25, 0.3) is 0 Å². The lowest BCUT2D eigenvalue weighted by molar-refractivity contribution is -0.151. The van der Waals surface area contributed by atoms with E-state index in [1.807, 2.05) is 0 Å². The zero-order valence-corrected chi connectivity index (χ0v) is 12.5. The fourth-order valence-electron chi connectivity index (χ4n) is 3.83. The molecule has 2 atom stereocenters. The third kappa shape index (κ3) is 3.53. The second-order valence-corrected chi connectivity index (χ2v) is 6.80. The fourth-order valence-corrected chi connectivity index (χ4v) is 3.83. The average molecular weight is 281 g/mol. The molecule has 0 bridgehead atoms. The van der Waals surface area contributed by atoms with E-state index in [1.165, 1.54) is 25.7 Å². The number of carboxylic acids is 1. The van der Waals surface area contributed by atoms with Crippen LogP contribution < -0.4 is 5.32 Å².